The van der Waals surface area contributed by atoms with E-state index in [2.05, 4.69) is 10.6 Å². The lowest BCUT2D eigenvalue weighted by Crippen LogP contribution is -2.49. The van der Waals surface area contributed by atoms with E-state index in [4.69, 9.17) is 0 Å². The van der Waals surface area contributed by atoms with E-state index in [9.17, 15) is 19.5 Å². The Morgan fingerprint density at radius 1 is 0.903 bits per heavy atom. The molecular formula is C24H26N2O4S. The van der Waals surface area contributed by atoms with Crippen LogP contribution in [-0.4, -0.2) is 22.9 Å². The average Bonchev–Trinajstić information content (AvgIpc) is 3.35. The first-order valence-corrected chi connectivity index (χ1v) is 11.9. The van der Waals surface area contributed by atoms with Crippen LogP contribution in [0.3, 0.4) is 0 Å². The molecule has 2 aromatic rings. The van der Waals surface area contributed by atoms with Gasteiger partial charge in [0.15, 0.2) is 0 Å². The number of hydrogen-bond acceptors (Lipinski definition) is 4. The highest BCUT2D eigenvalue weighted by molar-refractivity contribution is 7.17. The molecule has 2 atom stereocenters. The van der Waals surface area contributed by atoms with Crippen LogP contribution in [0.25, 0.3) is 0 Å². The van der Waals surface area contributed by atoms with E-state index < -0.39 is 17.8 Å². The molecule has 3 saturated carbocycles. The molecule has 31 heavy (non-hydrogen) atoms. The molecule has 0 saturated heterocycles. The first-order chi connectivity index (χ1) is 15.0. The van der Waals surface area contributed by atoms with E-state index >= 15 is 0 Å². The lowest BCUT2D eigenvalue weighted by atomic mass is 9.58. The summed E-state index contributed by atoms with van der Waals surface area (Å²) in [6.45, 7) is 0. The van der Waals surface area contributed by atoms with Crippen LogP contribution in [0.1, 0.15) is 52.9 Å². The number of thiophene rings is 1. The Kier molecular flexibility index (Phi) is 5.30. The lowest BCUT2D eigenvalue weighted by molar-refractivity contribution is -0.156. The number of amides is 2. The molecule has 0 radical (unpaired) electrons. The number of carbonyl (C=O) groups is 3. The van der Waals surface area contributed by atoms with Gasteiger partial charge in [0.1, 0.15) is 5.00 Å². The number of nitrogens with one attached hydrogen (secondary N) is 2. The van der Waals surface area contributed by atoms with Crippen molar-refractivity contribution in [2.75, 3.05) is 10.6 Å². The van der Waals surface area contributed by atoms with Crippen LogP contribution in [0.4, 0.5) is 10.7 Å². The van der Waals surface area contributed by atoms with E-state index in [0.29, 0.717) is 16.3 Å². The molecule has 6 nitrogen and oxygen atoms in total. The molecule has 2 bridgehead atoms. The number of aliphatic carboxylic acids is 1. The van der Waals surface area contributed by atoms with Crippen LogP contribution in [0.5, 0.6) is 0 Å². The van der Waals surface area contributed by atoms with Crippen molar-refractivity contribution in [3.8, 4) is 0 Å². The van der Waals surface area contributed by atoms with Gasteiger partial charge < -0.3 is 15.7 Å². The van der Waals surface area contributed by atoms with E-state index in [1.54, 1.807) is 0 Å². The first-order valence-electron chi connectivity index (χ1n) is 11.1. The number of benzene rings is 1. The van der Waals surface area contributed by atoms with Crippen LogP contribution in [0.2, 0.25) is 0 Å². The standard InChI is InChI=1S/C24H26N2O4S/c27-21(18-13-9-11-14(12-10-13)19(18)24(29)30)26-23-20(16-7-4-8-17(16)31-23)22(28)25-15-5-2-1-3-6-15/h1-3,5-6,13-14,18-19H,4,7-12H2,(H,25,28)(H,26,27)(H,29,30). The highest BCUT2D eigenvalue weighted by Crippen LogP contribution is 2.50. The highest BCUT2D eigenvalue weighted by Gasteiger charge is 2.50. The molecule has 1 aromatic heterocycles. The third kappa shape index (κ3) is 3.65. The fourth-order valence-corrected chi connectivity index (χ4v) is 7.11. The molecular weight excluding hydrogens is 412 g/mol. The topological polar surface area (TPSA) is 95.5 Å². The van der Waals surface area contributed by atoms with Crippen molar-refractivity contribution in [3.05, 3.63) is 46.3 Å². The first kappa shape index (κ1) is 20.2. The number of carboxylic acids is 1. The summed E-state index contributed by atoms with van der Waals surface area (Å²) >= 11 is 1.47. The number of anilines is 2. The van der Waals surface area contributed by atoms with E-state index in [0.717, 1.165) is 55.4 Å². The Hall–Kier alpha value is -2.67. The predicted molar refractivity (Wildman–Crippen MR) is 119 cm³/mol. The van der Waals surface area contributed by atoms with Crippen molar-refractivity contribution in [2.24, 2.45) is 23.7 Å². The van der Waals surface area contributed by atoms with Gasteiger partial charge in [-0.15, -0.1) is 11.3 Å². The minimum atomic E-state index is -0.870. The molecule has 0 spiro atoms. The second-order valence-electron chi connectivity index (χ2n) is 8.94. The fraction of sp³-hybridized carbons (Fsp3) is 0.458. The number of carbonyl (C=O) groups excluding carboxylic acids is 2. The molecule has 6 rings (SSSR count). The second-order valence-corrected chi connectivity index (χ2v) is 10.0. The van der Waals surface area contributed by atoms with Gasteiger partial charge in [-0.25, -0.2) is 0 Å². The minimum absolute atomic E-state index is 0.0763. The molecule has 2 unspecified atom stereocenters. The number of rotatable bonds is 5. The van der Waals surface area contributed by atoms with Crippen LogP contribution < -0.4 is 10.6 Å². The van der Waals surface area contributed by atoms with E-state index in [1.807, 2.05) is 30.3 Å². The quantitative estimate of drug-likeness (QED) is 0.637. The molecule has 1 heterocycles. The predicted octanol–water partition coefficient (Wildman–Crippen LogP) is 4.56. The maximum atomic E-state index is 13.3. The molecule has 4 aliphatic rings. The van der Waals surface area contributed by atoms with Gasteiger partial charge in [-0.05, 0) is 74.5 Å². The third-order valence-electron chi connectivity index (χ3n) is 7.22. The van der Waals surface area contributed by atoms with Crippen LogP contribution in [0, 0.1) is 23.7 Å². The van der Waals surface area contributed by atoms with Gasteiger partial charge >= 0.3 is 5.97 Å². The van der Waals surface area contributed by atoms with Gasteiger partial charge in [-0.2, -0.15) is 0 Å². The SMILES string of the molecule is O=C(Nc1ccccc1)c1c(NC(=O)C2C3CCC(CC3)C2C(=O)O)sc2c1CCC2. The summed E-state index contributed by atoms with van der Waals surface area (Å²) < 4.78 is 0. The molecule has 4 aliphatic carbocycles. The highest BCUT2D eigenvalue weighted by atomic mass is 32.1. The maximum Gasteiger partial charge on any atom is 0.307 e. The molecule has 0 aliphatic heterocycles. The van der Waals surface area contributed by atoms with Crippen molar-refractivity contribution < 1.29 is 19.5 Å². The number of aryl methyl sites for hydroxylation is 1. The summed E-state index contributed by atoms with van der Waals surface area (Å²) in [4.78, 5) is 39.6. The van der Waals surface area contributed by atoms with E-state index in [-0.39, 0.29) is 23.7 Å². The zero-order chi connectivity index (χ0) is 21.5. The third-order valence-corrected chi connectivity index (χ3v) is 8.43. The fourth-order valence-electron chi connectivity index (χ4n) is 5.82. The Balaban J connectivity index is 1.42. The molecule has 162 valence electrons. The van der Waals surface area contributed by atoms with Crippen LogP contribution >= 0.6 is 11.3 Å². The Labute approximate surface area is 185 Å². The number of fused-ring (bicyclic) bond motifs is 4. The Bertz CT molecular complexity index is 1020. The summed E-state index contributed by atoms with van der Waals surface area (Å²) in [6.07, 6.45) is 6.35. The van der Waals surface area contributed by atoms with Gasteiger partial charge in [0.05, 0.1) is 17.4 Å². The van der Waals surface area contributed by atoms with Crippen molar-refractivity contribution >= 4 is 39.8 Å². The normalized spacial score (nSPS) is 26.3. The summed E-state index contributed by atoms with van der Waals surface area (Å²) in [5.41, 5.74) is 2.27. The molecule has 3 N–H and O–H groups in total. The number of carboxylic acid groups (broad SMARTS) is 1. The van der Waals surface area contributed by atoms with Gasteiger partial charge in [-0.3, -0.25) is 14.4 Å². The maximum absolute atomic E-state index is 13.3. The minimum Gasteiger partial charge on any atom is -0.481 e. The number of hydrogen-bond donors (Lipinski definition) is 3. The smallest absolute Gasteiger partial charge is 0.307 e. The molecule has 3 fully saturated rings. The van der Waals surface area contributed by atoms with Gasteiger partial charge in [0, 0.05) is 10.6 Å². The van der Waals surface area contributed by atoms with Crippen molar-refractivity contribution in [1.82, 2.24) is 0 Å². The van der Waals surface area contributed by atoms with Gasteiger partial charge in [0.25, 0.3) is 5.91 Å². The van der Waals surface area contributed by atoms with Crippen molar-refractivity contribution in [2.45, 2.75) is 44.9 Å². The second kappa shape index (κ2) is 8.11. The van der Waals surface area contributed by atoms with Crippen LogP contribution in [-0.2, 0) is 22.4 Å². The summed E-state index contributed by atoms with van der Waals surface area (Å²) in [5.74, 6) is -2.29. The summed E-state index contributed by atoms with van der Waals surface area (Å²) in [5, 5.41) is 16.3. The van der Waals surface area contributed by atoms with Gasteiger partial charge in [0.2, 0.25) is 5.91 Å². The molecule has 7 heteroatoms. The Morgan fingerprint density at radius 2 is 1.58 bits per heavy atom. The monoisotopic (exact) mass is 438 g/mol. The zero-order valence-electron chi connectivity index (χ0n) is 17.2. The molecule has 1 aromatic carbocycles. The van der Waals surface area contributed by atoms with Crippen molar-refractivity contribution in [1.29, 1.82) is 0 Å². The zero-order valence-corrected chi connectivity index (χ0v) is 18.0. The lowest BCUT2D eigenvalue weighted by Gasteiger charge is -2.45. The summed E-state index contributed by atoms with van der Waals surface area (Å²) in [7, 11) is 0. The van der Waals surface area contributed by atoms with Crippen molar-refractivity contribution in [3.63, 3.8) is 0 Å². The largest absolute Gasteiger partial charge is 0.481 e. The van der Waals surface area contributed by atoms with E-state index in [1.165, 1.54) is 11.3 Å². The van der Waals surface area contributed by atoms with Gasteiger partial charge in [-0.1, -0.05) is 18.2 Å². The average molecular weight is 439 g/mol. The molecule has 2 amide bonds. The van der Waals surface area contributed by atoms with Crippen LogP contribution in [0.15, 0.2) is 30.3 Å². The number of para-hydroxylation sites is 1. The Morgan fingerprint density at radius 3 is 2.26 bits per heavy atom. The summed E-state index contributed by atoms with van der Waals surface area (Å²) in [6, 6.07) is 9.28.